The van der Waals surface area contributed by atoms with Crippen molar-refractivity contribution in [3.8, 4) is 5.75 Å². The number of ether oxygens (including phenoxy) is 3. The average Bonchev–Trinajstić information content (AvgIpc) is 2.28. The molecule has 2 N–H and O–H groups in total. The maximum atomic E-state index is 5.85. The third kappa shape index (κ3) is 3.11. The molecule has 4 heteroatoms. The van der Waals surface area contributed by atoms with E-state index >= 15 is 0 Å². The summed E-state index contributed by atoms with van der Waals surface area (Å²) >= 11 is 0. The quantitative estimate of drug-likeness (QED) is 0.816. The van der Waals surface area contributed by atoms with E-state index in [1.54, 1.807) is 0 Å². The molecular weight excluding hydrogens is 218 g/mol. The number of rotatable bonds is 4. The SMILES string of the molecule is CC(C)COCc1cc(N)cc2c1OCOC2. The van der Waals surface area contributed by atoms with E-state index in [9.17, 15) is 0 Å². The molecular formula is C13H19NO3. The predicted molar refractivity (Wildman–Crippen MR) is 65.6 cm³/mol. The van der Waals surface area contributed by atoms with E-state index in [1.807, 2.05) is 12.1 Å². The Labute approximate surface area is 102 Å². The van der Waals surface area contributed by atoms with Gasteiger partial charge in [-0.2, -0.15) is 0 Å². The van der Waals surface area contributed by atoms with Gasteiger partial charge in [0.15, 0.2) is 6.79 Å². The van der Waals surface area contributed by atoms with E-state index in [2.05, 4.69) is 13.8 Å². The first-order valence-electron chi connectivity index (χ1n) is 5.86. The van der Waals surface area contributed by atoms with Crippen molar-refractivity contribution in [1.82, 2.24) is 0 Å². The standard InChI is InChI=1S/C13H19NO3/c1-9(2)5-15-6-10-3-12(14)4-11-7-16-8-17-13(10)11/h3-4,9H,5-8,14H2,1-2H3. The van der Waals surface area contributed by atoms with Crippen molar-refractivity contribution < 1.29 is 14.2 Å². The Hall–Kier alpha value is -1.26. The lowest BCUT2D eigenvalue weighted by Crippen LogP contribution is -2.14. The summed E-state index contributed by atoms with van der Waals surface area (Å²) in [7, 11) is 0. The van der Waals surface area contributed by atoms with Gasteiger partial charge in [0.05, 0.1) is 13.2 Å². The monoisotopic (exact) mass is 237 g/mol. The molecule has 2 rings (SSSR count). The maximum absolute atomic E-state index is 5.85. The molecule has 0 saturated carbocycles. The number of hydrogen-bond donors (Lipinski definition) is 1. The summed E-state index contributed by atoms with van der Waals surface area (Å²) in [4.78, 5) is 0. The summed E-state index contributed by atoms with van der Waals surface area (Å²) in [5.74, 6) is 1.39. The highest BCUT2D eigenvalue weighted by Gasteiger charge is 2.16. The normalized spacial score (nSPS) is 14.5. The van der Waals surface area contributed by atoms with E-state index in [-0.39, 0.29) is 0 Å². The molecule has 0 bridgehead atoms. The summed E-state index contributed by atoms with van der Waals surface area (Å²) < 4.78 is 16.4. The minimum Gasteiger partial charge on any atom is -0.467 e. The average molecular weight is 237 g/mol. The zero-order chi connectivity index (χ0) is 12.3. The smallest absolute Gasteiger partial charge is 0.189 e. The molecule has 0 saturated heterocycles. The molecule has 1 aliphatic rings. The van der Waals surface area contributed by atoms with Gasteiger partial charge >= 0.3 is 0 Å². The van der Waals surface area contributed by atoms with Gasteiger partial charge in [0.2, 0.25) is 0 Å². The van der Waals surface area contributed by atoms with Gasteiger partial charge in [-0.1, -0.05) is 13.8 Å². The first-order chi connectivity index (χ1) is 8.16. The van der Waals surface area contributed by atoms with E-state index in [1.165, 1.54) is 0 Å². The van der Waals surface area contributed by atoms with Crippen molar-refractivity contribution in [1.29, 1.82) is 0 Å². The summed E-state index contributed by atoms with van der Waals surface area (Å²) in [5.41, 5.74) is 8.57. The number of nitrogen functional groups attached to an aromatic ring is 1. The Morgan fingerprint density at radius 3 is 3.00 bits per heavy atom. The Kier molecular flexibility index (Phi) is 3.86. The predicted octanol–water partition coefficient (Wildman–Crippen LogP) is 2.31. The van der Waals surface area contributed by atoms with Crippen LogP contribution in [0.25, 0.3) is 0 Å². The van der Waals surface area contributed by atoms with Crippen LogP contribution in [0.4, 0.5) is 5.69 Å². The number of fused-ring (bicyclic) bond motifs is 1. The lowest BCUT2D eigenvalue weighted by atomic mass is 10.1. The fourth-order valence-corrected chi connectivity index (χ4v) is 1.84. The number of nitrogens with two attached hydrogens (primary N) is 1. The first-order valence-corrected chi connectivity index (χ1v) is 5.86. The van der Waals surface area contributed by atoms with Gasteiger partial charge in [-0.25, -0.2) is 0 Å². The van der Waals surface area contributed by atoms with Crippen LogP contribution in [0.15, 0.2) is 12.1 Å². The fourth-order valence-electron chi connectivity index (χ4n) is 1.84. The van der Waals surface area contributed by atoms with E-state index in [0.717, 1.165) is 29.2 Å². The molecule has 4 nitrogen and oxygen atoms in total. The zero-order valence-corrected chi connectivity index (χ0v) is 10.4. The number of benzene rings is 1. The van der Waals surface area contributed by atoms with Gasteiger partial charge in [-0.05, 0) is 18.1 Å². The number of hydrogen-bond acceptors (Lipinski definition) is 4. The Morgan fingerprint density at radius 2 is 2.24 bits per heavy atom. The van der Waals surface area contributed by atoms with Crippen molar-refractivity contribution in [2.45, 2.75) is 27.1 Å². The molecule has 0 aliphatic carbocycles. The van der Waals surface area contributed by atoms with Gasteiger partial charge in [-0.15, -0.1) is 0 Å². The van der Waals surface area contributed by atoms with Crippen LogP contribution in [0.3, 0.4) is 0 Å². The first kappa shape index (κ1) is 12.2. The minimum atomic E-state index is 0.300. The van der Waals surface area contributed by atoms with Gasteiger partial charge in [0.25, 0.3) is 0 Å². The molecule has 0 spiro atoms. The maximum Gasteiger partial charge on any atom is 0.189 e. The van der Waals surface area contributed by atoms with Gasteiger partial charge < -0.3 is 19.9 Å². The molecule has 1 aromatic rings. The van der Waals surface area contributed by atoms with Crippen LogP contribution in [0, 0.1) is 5.92 Å². The Balaban J connectivity index is 2.12. The molecule has 0 atom stereocenters. The topological polar surface area (TPSA) is 53.7 Å². The zero-order valence-electron chi connectivity index (χ0n) is 10.4. The van der Waals surface area contributed by atoms with Crippen molar-refractivity contribution in [3.63, 3.8) is 0 Å². The molecule has 1 aromatic carbocycles. The highest BCUT2D eigenvalue weighted by Crippen LogP contribution is 2.31. The third-order valence-electron chi connectivity index (χ3n) is 2.52. The third-order valence-corrected chi connectivity index (χ3v) is 2.52. The van der Waals surface area contributed by atoms with E-state index < -0.39 is 0 Å². The van der Waals surface area contributed by atoms with Crippen molar-refractivity contribution >= 4 is 5.69 Å². The Bertz CT molecular complexity index is 390. The fraction of sp³-hybridized carbons (Fsp3) is 0.538. The second-order valence-corrected chi connectivity index (χ2v) is 4.69. The van der Waals surface area contributed by atoms with Gasteiger partial charge in [0, 0.05) is 23.4 Å². The molecule has 0 radical (unpaired) electrons. The largest absolute Gasteiger partial charge is 0.467 e. The molecule has 17 heavy (non-hydrogen) atoms. The van der Waals surface area contributed by atoms with Crippen LogP contribution in [0.1, 0.15) is 25.0 Å². The molecule has 0 aromatic heterocycles. The summed E-state index contributed by atoms with van der Waals surface area (Å²) in [6.45, 7) is 6.37. The van der Waals surface area contributed by atoms with Crippen LogP contribution in [0.2, 0.25) is 0 Å². The molecule has 0 amide bonds. The summed E-state index contributed by atoms with van der Waals surface area (Å²) in [5, 5.41) is 0. The second kappa shape index (κ2) is 5.38. The molecule has 1 heterocycles. The molecule has 1 aliphatic heterocycles. The Morgan fingerprint density at radius 1 is 1.41 bits per heavy atom. The second-order valence-electron chi connectivity index (χ2n) is 4.69. The highest BCUT2D eigenvalue weighted by molar-refractivity contribution is 5.53. The van der Waals surface area contributed by atoms with Gasteiger partial charge in [-0.3, -0.25) is 0 Å². The highest BCUT2D eigenvalue weighted by atomic mass is 16.7. The molecule has 0 unspecified atom stereocenters. The van der Waals surface area contributed by atoms with E-state index in [4.69, 9.17) is 19.9 Å². The lowest BCUT2D eigenvalue weighted by Gasteiger charge is -2.21. The van der Waals surface area contributed by atoms with Gasteiger partial charge in [0.1, 0.15) is 5.75 Å². The van der Waals surface area contributed by atoms with Crippen molar-refractivity contribution in [3.05, 3.63) is 23.3 Å². The van der Waals surface area contributed by atoms with Crippen LogP contribution in [-0.2, 0) is 22.7 Å². The van der Waals surface area contributed by atoms with Crippen molar-refractivity contribution in [2.75, 3.05) is 19.1 Å². The van der Waals surface area contributed by atoms with Crippen LogP contribution >= 0.6 is 0 Å². The van der Waals surface area contributed by atoms with Crippen LogP contribution < -0.4 is 10.5 Å². The molecule has 94 valence electrons. The van der Waals surface area contributed by atoms with Crippen LogP contribution in [-0.4, -0.2) is 13.4 Å². The lowest BCUT2D eigenvalue weighted by molar-refractivity contribution is -0.0185. The van der Waals surface area contributed by atoms with Crippen LogP contribution in [0.5, 0.6) is 5.75 Å². The number of anilines is 1. The minimum absolute atomic E-state index is 0.300. The molecule has 0 fully saturated rings. The van der Waals surface area contributed by atoms with Crippen molar-refractivity contribution in [2.24, 2.45) is 5.92 Å². The van der Waals surface area contributed by atoms with E-state index in [0.29, 0.717) is 25.9 Å². The summed E-state index contributed by atoms with van der Waals surface area (Å²) in [6.07, 6.45) is 0. The summed E-state index contributed by atoms with van der Waals surface area (Å²) in [6, 6.07) is 3.80.